The van der Waals surface area contributed by atoms with Crippen LogP contribution in [-0.4, -0.2) is 73.9 Å². The molecule has 3 saturated heterocycles. The third kappa shape index (κ3) is 2.61. The number of carbonyl (C=O) groups is 1. The Morgan fingerprint density at radius 1 is 1.24 bits per heavy atom. The van der Waals surface area contributed by atoms with Gasteiger partial charge in [0.1, 0.15) is 0 Å². The lowest BCUT2D eigenvalue weighted by Crippen LogP contribution is -2.50. The van der Waals surface area contributed by atoms with Gasteiger partial charge in [-0.15, -0.1) is 0 Å². The Hall–Kier alpha value is -0.650. The average molecular weight is 240 g/mol. The molecule has 96 valence electrons. The number of ether oxygens (including phenoxy) is 2. The van der Waals surface area contributed by atoms with Crippen LogP contribution in [0.5, 0.6) is 0 Å². The Labute approximate surface area is 102 Å². The summed E-state index contributed by atoms with van der Waals surface area (Å²) in [5.74, 6) is 0.298. The van der Waals surface area contributed by atoms with E-state index in [0.717, 1.165) is 45.6 Å². The molecule has 0 spiro atoms. The van der Waals surface area contributed by atoms with Crippen LogP contribution in [0.4, 0.5) is 0 Å². The smallest absolute Gasteiger partial charge is 0.240 e. The second-order valence-electron chi connectivity index (χ2n) is 5.05. The van der Waals surface area contributed by atoms with E-state index in [9.17, 15) is 4.79 Å². The lowest BCUT2D eigenvalue weighted by molar-refractivity contribution is -0.140. The van der Waals surface area contributed by atoms with Gasteiger partial charge in [0.15, 0.2) is 0 Å². The molecular formula is C12H20N2O3. The van der Waals surface area contributed by atoms with Crippen molar-refractivity contribution in [2.24, 2.45) is 0 Å². The Morgan fingerprint density at radius 3 is 2.71 bits per heavy atom. The minimum Gasteiger partial charge on any atom is -0.378 e. The van der Waals surface area contributed by atoms with E-state index in [4.69, 9.17) is 9.47 Å². The van der Waals surface area contributed by atoms with Crippen LogP contribution in [-0.2, 0) is 14.3 Å². The first-order valence-corrected chi connectivity index (χ1v) is 6.57. The van der Waals surface area contributed by atoms with Crippen molar-refractivity contribution in [3.8, 4) is 0 Å². The zero-order chi connectivity index (χ0) is 11.7. The predicted molar refractivity (Wildman–Crippen MR) is 61.7 cm³/mol. The number of nitrogens with zero attached hydrogens (tertiary/aromatic N) is 2. The molecule has 0 aliphatic carbocycles. The van der Waals surface area contributed by atoms with Crippen molar-refractivity contribution in [2.45, 2.75) is 25.0 Å². The van der Waals surface area contributed by atoms with E-state index in [2.05, 4.69) is 4.90 Å². The number of amides is 1. The van der Waals surface area contributed by atoms with Crippen molar-refractivity contribution in [3.63, 3.8) is 0 Å². The second-order valence-corrected chi connectivity index (χ2v) is 5.05. The highest BCUT2D eigenvalue weighted by molar-refractivity contribution is 5.82. The van der Waals surface area contributed by atoms with Crippen molar-refractivity contribution in [1.29, 1.82) is 0 Å². The Morgan fingerprint density at radius 2 is 2.00 bits per heavy atom. The van der Waals surface area contributed by atoms with Crippen LogP contribution in [0.3, 0.4) is 0 Å². The lowest BCUT2D eigenvalue weighted by Gasteiger charge is -2.32. The minimum absolute atomic E-state index is 0.0947. The first-order chi connectivity index (χ1) is 8.34. The maximum Gasteiger partial charge on any atom is 0.240 e. The van der Waals surface area contributed by atoms with E-state index in [-0.39, 0.29) is 6.04 Å². The van der Waals surface area contributed by atoms with E-state index < -0.39 is 0 Å². The van der Waals surface area contributed by atoms with Crippen molar-refractivity contribution >= 4 is 5.91 Å². The molecule has 0 bridgehead atoms. The molecule has 0 unspecified atom stereocenters. The normalized spacial score (nSPS) is 34.0. The van der Waals surface area contributed by atoms with Gasteiger partial charge in [-0.3, -0.25) is 9.69 Å². The lowest BCUT2D eigenvalue weighted by atomic mass is 10.2. The topological polar surface area (TPSA) is 45.3 Å². The monoisotopic (exact) mass is 240 g/mol. The van der Waals surface area contributed by atoms with Crippen LogP contribution >= 0.6 is 0 Å². The number of morpholine rings is 1. The quantitative estimate of drug-likeness (QED) is 0.636. The Kier molecular flexibility index (Phi) is 3.31. The number of likely N-dealkylation sites (tertiary alicyclic amines) is 1. The number of rotatable bonds is 3. The Balaban J connectivity index is 1.58. The molecule has 0 saturated carbocycles. The largest absolute Gasteiger partial charge is 0.378 e. The van der Waals surface area contributed by atoms with E-state index >= 15 is 0 Å². The Bertz CT molecular complexity index is 287. The molecule has 0 aromatic heterocycles. The number of epoxide rings is 1. The summed E-state index contributed by atoms with van der Waals surface area (Å²) in [5, 5.41) is 0. The molecular weight excluding hydrogens is 220 g/mol. The van der Waals surface area contributed by atoms with Crippen LogP contribution in [0, 0.1) is 0 Å². The fourth-order valence-electron chi connectivity index (χ4n) is 2.75. The zero-order valence-electron chi connectivity index (χ0n) is 10.1. The minimum atomic E-state index is 0.0947. The van der Waals surface area contributed by atoms with Gasteiger partial charge < -0.3 is 14.4 Å². The number of hydrogen-bond acceptors (Lipinski definition) is 4. The number of hydrogen-bond donors (Lipinski definition) is 0. The van der Waals surface area contributed by atoms with Crippen molar-refractivity contribution < 1.29 is 14.3 Å². The molecule has 0 aromatic rings. The molecule has 5 nitrogen and oxygen atoms in total. The predicted octanol–water partition coefficient (Wildman–Crippen LogP) is -0.292. The second kappa shape index (κ2) is 4.92. The summed E-state index contributed by atoms with van der Waals surface area (Å²) >= 11 is 0. The molecule has 3 fully saturated rings. The zero-order valence-corrected chi connectivity index (χ0v) is 10.1. The molecule has 0 radical (unpaired) electrons. The third-order valence-corrected chi connectivity index (χ3v) is 3.81. The molecule has 3 rings (SSSR count). The molecule has 0 N–H and O–H groups in total. The SMILES string of the molecule is O=C([C@H]1CCCN1C[C@H]1CO1)N1CCOCC1. The van der Waals surface area contributed by atoms with E-state index in [1.807, 2.05) is 4.90 Å². The summed E-state index contributed by atoms with van der Waals surface area (Å²) in [7, 11) is 0. The summed E-state index contributed by atoms with van der Waals surface area (Å²) in [6, 6.07) is 0.0947. The fraction of sp³-hybridized carbons (Fsp3) is 0.917. The standard InChI is InChI=1S/C12H20N2O3/c15-12(13-4-6-16-7-5-13)11-2-1-3-14(11)8-10-9-17-10/h10-11H,1-9H2/t10-,11+/m0/s1. The summed E-state index contributed by atoms with van der Waals surface area (Å²) in [4.78, 5) is 16.7. The highest BCUT2D eigenvalue weighted by atomic mass is 16.6. The van der Waals surface area contributed by atoms with Crippen molar-refractivity contribution in [1.82, 2.24) is 9.80 Å². The summed E-state index contributed by atoms with van der Waals surface area (Å²) in [5.41, 5.74) is 0. The molecule has 3 heterocycles. The third-order valence-electron chi connectivity index (χ3n) is 3.81. The molecule has 5 heteroatoms. The molecule has 17 heavy (non-hydrogen) atoms. The first-order valence-electron chi connectivity index (χ1n) is 6.57. The van der Waals surface area contributed by atoms with Gasteiger partial charge in [0, 0.05) is 19.6 Å². The molecule has 0 aromatic carbocycles. The van der Waals surface area contributed by atoms with Gasteiger partial charge in [-0.05, 0) is 19.4 Å². The summed E-state index contributed by atoms with van der Waals surface area (Å²) in [6.07, 6.45) is 2.52. The van der Waals surface area contributed by atoms with Gasteiger partial charge in [-0.25, -0.2) is 0 Å². The average Bonchev–Trinajstić information content (AvgIpc) is 3.06. The summed E-state index contributed by atoms with van der Waals surface area (Å²) in [6.45, 7) is 5.72. The van der Waals surface area contributed by atoms with Crippen LogP contribution in [0.25, 0.3) is 0 Å². The van der Waals surface area contributed by atoms with Gasteiger partial charge in [-0.1, -0.05) is 0 Å². The van der Waals surface area contributed by atoms with E-state index in [1.165, 1.54) is 0 Å². The van der Waals surface area contributed by atoms with E-state index in [1.54, 1.807) is 0 Å². The van der Waals surface area contributed by atoms with Crippen LogP contribution in [0.2, 0.25) is 0 Å². The van der Waals surface area contributed by atoms with Crippen LogP contribution in [0.1, 0.15) is 12.8 Å². The van der Waals surface area contributed by atoms with Gasteiger partial charge in [-0.2, -0.15) is 0 Å². The summed E-state index contributed by atoms with van der Waals surface area (Å²) < 4.78 is 10.5. The van der Waals surface area contributed by atoms with Gasteiger partial charge in [0.05, 0.1) is 32.0 Å². The van der Waals surface area contributed by atoms with E-state index in [0.29, 0.717) is 25.2 Å². The van der Waals surface area contributed by atoms with Gasteiger partial charge in [0.2, 0.25) is 5.91 Å². The molecule has 2 atom stereocenters. The first kappa shape index (κ1) is 11.4. The van der Waals surface area contributed by atoms with Crippen molar-refractivity contribution in [3.05, 3.63) is 0 Å². The maximum atomic E-state index is 12.4. The molecule has 3 aliphatic rings. The van der Waals surface area contributed by atoms with Crippen LogP contribution in [0.15, 0.2) is 0 Å². The van der Waals surface area contributed by atoms with Crippen molar-refractivity contribution in [2.75, 3.05) is 46.0 Å². The maximum absolute atomic E-state index is 12.4. The van der Waals surface area contributed by atoms with Crippen LogP contribution < -0.4 is 0 Å². The highest BCUT2D eigenvalue weighted by Crippen LogP contribution is 2.23. The molecule has 3 aliphatic heterocycles. The van der Waals surface area contributed by atoms with Gasteiger partial charge in [0.25, 0.3) is 0 Å². The van der Waals surface area contributed by atoms with Gasteiger partial charge >= 0.3 is 0 Å². The highest BCUT2D eigenvalue weighted by Gasteiger charge is 2.37. The molecule has 1 amide bonds. The number of carbonyl (C=O) groups excluding carboxylic acids is 1. The fourth-order valence-corrected chi connectivity index (χ4v) is 2.75.